The van der Waals surface area contributed by atoms with Gasteiger partial charge in [-0.1, -0.05) is 24.3 Å². The van der Waals surface area contributed by atoms with E-state index in [1.165, 1.54) is 31.1 Å². The number of methoxy groups -OCH3 is 1. The van der Waals surface area contributed by atoms with Gasteiger partial charge in [0.1, 0.15) is 0 Å². The van der Waals surface area contributed by atoms with Gasteiger partial charge in [0.25, 0.3) is 11.8 Å². The van der Waals surface area contributed by atoms with Gasteiger partial charge in [-0.2, -0.15) is 0 Å². The van der Waals surface area contributed by atoms with Gasteiger partial charge in [-0.25, -0.2) is 0 Å². The monoisotopic (exact) mass is 492 g/mol. The first-order chi connectivity index (χ1) is 16.9. The third-order valence-corrected chi connectivity index (χ3v) is 6.98. The Kier molecular flexibility index (Phi) is 8.08. The summed E-state index contributed by atoms with van der Waals surface area (Å²) in [5, 5.41) is 8.02. The van der Waals surface area contributed by atoms with E-state index in [-0.39, 0.29) is 30.5 Å². The van der Waals surface area contributed by atoms with Crippen molar-refractivity contribution in [2.75, 3.05) is 13.7 Å². The zero-order valence-corrected chi connectivity index (χ0v) is 21.2. The molecular formula is C28H32N2O4S. The number of ether oxygens (including phenoxy) is 2. The van der Waals surface area contributed by atoms with Gasteiger partial charge in [0.15, 0.2) is 18.1 Å². The lowest BCUT2D eigenvalue weighted by Gasteiger charge is -2.22. The molecule has 2 amide bonds. The summed E-state index contributed by atoms with van der Waals surface area (Å²) >= 11 is 1.63. The standard InChI is InChI=1S/C28H32N2O4S/c1-18(2)29-26(31)17-34-23-13-12-22(16-24(23)33-3)28(32)30-27(25-9-6-14-35-25)21-11-10-19-7-4-5-8-20(19)15-21/h6,9-16,18,27H,4-5,7-8,17H2,1-3H3,(H,29,31)(H,30,32). The third kappa shape index (κ3) is 6.22. The highest BCUT2D eigenvalue weighted by atomic mass is 32.1. The van der Waals surface area contributed by atoms with E-state index < -0.39 is 0 Å². The van der Waals surface area contributed by atoms with Crippen molar-refractivity contribution in [3.63, 3.8) is 0 Å². The van der Waals surface area contributed by atoms with Crippen LogP contribution in [0.5, 0.6) is 11.5 Å². The minimum Gasteiger partial charge on any atom is -0.493 e. The molecule has 0 radical (unpaired) electrons. The fraction of sp³-hybridized carbons (Fsp3) is 0.357. The van der Waals surface area contributed by atoms with E-state index in [1.807, 2.05) is 25.3 Å². The van der Waals surface area contributed by atoms with Gasteiger partial charge in [-0.3, -0.25) is 9.59 Å². The van der Waals surface area contributed by atoms with Crippen LogP contribution in [0.2, 0.25) is 0 Å². The Bertz CT molecular complexity index is 1170. The molecular weight excluding hydrogens is 460 g/mol. The molecule has 0 fully saturated rings. The first-order valence-corrected chi connectivity index (χ1v) is 12.9. The number of hydrogen-bond acceptors (Lipinski definition) is 5. The average Bonchev–Trinajstić information content (AvgIpc) is 3.39. The van der Waals surface area contributed by atoms with Gasteiger partial charge in [0, 0.05) is 16.5 Å². The van der Waals surface area contributed by atoms with Crippen LogP contribution in [-0.2, 0) is 17.6 Å². The van der Waals surface area contributed by atoms with E-state index in [0.717, 1.165) is 23.3 Å². The SMILES string of the molecule is COc1cc(C(=O)NC(c2ccc3c(c2)CCCC3)c2cccs2)ccc1OCC(=O)NC(C)C. The maximum atomic E-state index is 13.3. The van der Waals surface area contributed by atoms with Gasteiger partial charge in [-0.05, 0) is 85.9 Å². The Morgan fingerprint density at radius 2 is 1.77 bits per heavy atom. The molecule has 3 aromatic rings. The summed E-state index contributed by atoms with van der Waals surface area (Å²) < 4.78 is 11.1. The van der Waals surface area contributed by atoms with Gasteiger partial charge in [-0.15, -0.1) is 11.3 Å². The Hall–Kier alpha value is -3.32. The maximum Gasteiger partial charge on any atom is 0.258 e. The maximum absolute atomic E-state index is 13.3. The number of thiophene rings is 1. The number of fused-ring (bicyclic) bond motifs is 1. The average molecular weight is 493 g/mol. The second-order valence-corrected chi connectivity index (χ2v) is 10.0. The first kappa shape index (κ1) is 24.8. The predicted octanol–water partition coefficient (Wildman–Crippen LogP) is 5.06. The minimum atomic E-state index is -0.239. The third-order valence-electron chi connectivity index (χ3n) is 6.04. The molecule has 1 atom stereocenters. The number of rotatable bonds is 9. The summed E-state index contributed by atoms with van der Waals surface area (Å²) in [6.45, 7) is 3.65. The van der Waals surface area contributed by atoms with E-state index >= 15 is 0 Å². The fourth-order valence-electron chi connectivity index (χ4n) is 4.36. The highest BCUT2D eigenvalue weighted by molar-refractivity contribution is 7.10. The molecule has 0 aliphatic heterocycles. The molecule has 0 saturated heterocycles. The van der Waals surface area contributed by atoms with Gasteiger partial charge in [0.05, 0.1) is 13.2 Å². The summed E-state index contributed by atoms with van der Waals surface area (Å²) in [5.41, 5.74) is 4.35. The first-order valence-electron chi connectivity index (χ1n) is 12.0. The molecule has 7 heteroatoms. The van der Waals surface area contributed by atoms with Gasteiger partial charge in [0.2, 0.25) is 0 Å². The molecule has 1 aromatic heterocycles. The van der Waals surface area contributed by atoms with Crippen molar-refractivity contribution in [3.05, 3.63) is 81.0 Å². The fourth-order valence-corrected chi connectivity index (χ4v) is 5.16. The Morgan fingerprint density at radius 3 is 2.49 bits per heavy atom. The molecule has 4 rings (SSSR count). The number of aryl methyl sites for hydroxylation is 2. The molecule has 2 aromatic carbocycles. The molecule has 35 heavy (non-hydrogen) atoms. The summed E-state index contributed by atoms with van der Waals surface area (Å²) in [4.78, 5) is 26.3. The van der Waals surface area contributed by atoms with E-state index in [1.54, 1.807) is 29.5 Å². The molecule has 6 nitrogen and oxygen atoms in total. The second kappa shape index (κ2) is 11.4. The van der Waals surface area contributed by atoms with Crippen LogP contribution in [-0.4, -0.2) is 31.6 Å². The highest BCUT2D eigenvalue weighted by Crippen LogP contribution is 2.32. The molecule has 1 heterocycles. The van der Waals surface area contributed by atoms with E-state index in [9.17, 15) is 9.59 Å². The van der Waals surface area contributed by atoms with E-state index in [0.29, 0.717) is 17.1 Å². The van der Waals surface area contributed by atoms with Crippen molar-refractivity contribution in [3.8, 4) is 11.5 Å². The number of carbonyl (C=O) groups is 2. The van der Waals surface area contributed by atoms with Crippen molar-refractivity contribution < 1.29 is 19.1 Å². The van der Waals surface area contributed by atoms with Crippen LogP contribution in [0.1, 0.15) is 64.7 Å². The Balaban J connectivity index is 1.52. The van der Waals surface area contributed by atoms with Crippen molar-refractivity contribution in [1.82, 2.24) is 10.6 Å². The molecule has 1 aliphatic rings. The quantitative estimate of drug-likeness (QED) is 0.438. The van der Waals surface area contributed by atoms with Crippen LogP contribution in [0, 0.1) is 0 Å². The van der Waals surface area contributed by atoms with Crippen LogP contribution < -0.4 is 20.1 Å². The van der Waals surface area contributed by atoms with Crippen LogP contribution in [0.4, 0.5) is 0 Å². The zero-order valence-electron chi connectivity index (χ0n) is 20.4. The van der Waals surface area contributed by atoms with Gasteiger partial charge < -0.3 is 20.1 Å². The van der Waals surface area contributed by atoms with E-state index in [2.05, 4.69) is 34.9 Å². The molecule has 1 aliphatic carbocycles. The number of nitrogens with one attached hydrogen (secondary N) is 2. The highest BCUT2D eigenvalue weighted by Gasteiger charge is 2.22. The van der Waals surface area contributed by atoms with Crippen LogP contribution in [0.15, 0.2) is 53.9 Å². The summed E-state index contributed by atoms with van der Waals surface area (Å²) in [5.74, 6) is 0.389. The number of hydrogen-bond donors (Lipinski definition) is 2. The largest absolute Gasteiger partial charge is 0.493 e. The second-order valence-electron chi connectivity index (χ2n) is 9.03. The Morgan fingerprint density at radius 1 is 0.971 bits per heavy atom. The van der Waals surface area contributed by atoms with Crippen molar-refractivity contribution in [2.45, 2.75) is 51.6 Å². The summed E-state index contributed by atoms with van der Waals surface area (Å²) in [6.07, 6.45) is 4.66. The van der Waals surface area contributed by atoms with Crippen LogP contribution in [0.25, 0.3) is 0 Å². The molecule has 0 saturated carbocycles. The lowest BCUT2D eigenvalue weighted by atomic mass is 9.89. The van der Waals surface area contributed by atoms with Crippen molar-refractivity contribution >= 4 is 23.2 Å². The zero-order chi connectivity index (χ0) is 24.8. The Labute approximate surface area is 210 Å². The molecule has 0 bridgehead atoms. The topological polar surface area (TPSA) is 76.7 Å². The molecule has 1 unspecified atom stereocenters. The lowest BCUT2D eigenvalue weighted by Crippen LogP contribution is -2.34. The number of benzene rings is 2. The van der Waals surface area contributed by atoms with Gasteiger partial charge >= 0.3 is 0 Å². The summed E-state index contributed by atoms with van der Waals surface area (Å²) in [6, 6.07) is 15.4. The lowest BCUT2D eigenvalue weighted by molar-refractivity contribution is -0.123. The molecule has 2 N–H and O–H groups in total. The van der Waals surface area contributed by atoms with Crippen LogP contribution in [0.3, 0.4) is 0 Å². The summed E-state index contributed by atoms with van der Waals surface area (Å²) in [7, 11) is 1.51. The minimum absolute atomic E-state index is 0.0328. The van der Waals surface area contributed by atoms with Crippen LogP contribution >= 0.6 is 11.3 Å². The number of amides is 2. The van der Waals surface area contributed by atoms with Crippen molar-refractivity contribution in [1.29, 1.82) is 0 Å². The van der Waals surface area contributed by atoms with E-state index in [4.69, 9.17) is 9.47 Å². The predicted molar refractivity (Wildman–Crippen MR) is 138 cm³/mol. The van der Waals surface area contributed by atoms with Crippen molar-refractivity contribution in [2.24, 2.45) is 0 Å². The molecule has 0 spiro atoms. The number of carbonyl (C=O) groups excluding carboxylic acids is 2. The molecule has 184 valence electrons. The smallest absolute Gasteiger partial charge is 0.258 e. The normalized spacial score (nSPS) is 13.6.